The summed E-state index contributed by atoms with van der Waals surface area (Å²) in [6.45, 7) is 18.5. The van der Waals surface area contributed by atoms with E-state index < -0.39 is 0 Å². The first-order valence-electron chi connectivity index (χ1n) is 11.5. The summed E-state index contributed by atoms with van der Waals surface area (Å²) in [6.07, 6.45) is 2.38. The summed E-state index contributed by atoms with van der Waals surface area (Å²) < 4.78 is 0. The highest BCUT2D eigenvalue weighted by Gasteiger charge is 2.26. The zero-order chi connectivity index (χ0) is 23.3. The van der Waals surface area contributed by atoms with E-state index in [0.29, 0.717) is 5.41 Å². The predicted molar refractivity (Wildman–Crippen MR) is 150 cm³/mol. The molecule has 0 spiro atoms. The van der Waals surface area contributed by atoms with Gasteiger partial charge in [-0.15, -0.1) is 45.3 Å². The summed E-state index contributed by atoms with van der Waals surface area (Å²) in [7, 11) is 0. The highest BCUT2D eigenvalue weighted by Crippen LogP contribution is 2.47. The van der Waals surface area contributed by atoms with E-state index in [4.69, 9.17) is 0 Å². The summed E-state index contributed by atoms with van der Waals surface area (Å²) in [5.74, 6) is 0. The molecule has 0 bridgehead atoms. The first-order chi connectivity index (χ1) is 15.1. The molecule has 4 heterocycles. The number of aryl methyl sites for hydroxylation is 2. The summed E-state index contributed by atoms with van der Waals surface area (Å²) >= 11 is 7.83. The Labute approximate surface area is 210 Å². The van der Waals surface area contributed by atoms with Gasteiger partial charge in [0, 0.05) is 44.4 Å². The first-order valence-corrected chi connectivity index (χ1v) is 14.7. The third kappa shape index (κ3) is 4.44. The Kier molecular flexibility index (Phi) is 6.63. The molecule has 0 nitrogen and oxygen atoms in total. The van der Waals surface area contributed by atoms with Crippen LogP contribution in [0.25, 0.3) is 29.3 Å². The number of hydrogen-bond donors (Lipinski definition) is 0. The standard InChI is InChI=1S/C28H34S4/c1-9-28(8,10-2)24-16-18(4)26(32-24)22-14-12-20(30-22)19-11-13-21(29-19)25-17(3)15-23(31-25)27(5,6)7/h11-16H,9-10H2,1-8H3. The van der Waals surface area contributed by atoms with Crippen molar-refractivity contribution in [1.82, 2.24) is 0 Å². The van der Waals surface area contributed by atoms with Crippen LogP contribution in [0, 0.1) is 13.8 Å². The van der Waals surface area contributed by atoms with Crippen molar-refractivity contribution in [2.75, 3.05) is 0 Å². The second kappa shape index (κ2) is 8.87. The number of rotatable bonds is 6. The van der Waals surface area contributed by atoms with Crippen molar-refractivity contribution in [1.29, 1.82) is 0 Å². The second-order valence-electron chi connectivity index (χ2n) is 10.1. The average molecular weight is 499 g/mol. The minimum atomic E-state index is 0.208. The van der Waals surface area contributed by atoms with E-state index in [2.05, 4.69) is 91.8 Å². The SMILES string of the molecule is CCC(C)(CC)c1cc(C)c(-c2ccc(-c3ccc(-c4sc(C(C)(C)C)cc4C)s3)s2)s1. The van der Waals surface area contributed by atoms with E-state index in [1.54, 1.807) is 0 Å². The molecule has 0 radical (unpaired) electrons. The molecule has 4 aromatic heterocycles. The van der Waals surface area contributed by atoms with Crippen LogP contribution in [-0.2, 0) is 10.8 Å². The number of hydrogen-bond acceptors (Lipinski definition) is 4. The van der Waals surface area contributed by atoms with Crippen LogP contribution in [0.1, 0.15) is 75.3 Å². The second-order valence-corrected chi connectivity index (χ2v) is 14.4. The lowest BCUT2D eigenvalue weighted by Crippen LogP contribution is -2.17. The molecule has 0 saturated heterocycles. The van der Waals surface area contributed by atoms with E-state index in [-0.39, 0.29) is 5.41 Å². The summed E-state index contributed by atoms with van der Waals surface area (Å²) in [5, 5.41) is 0. The fourth-order valence-corrected chi connectivity index (χ4v) is 9.05. The maximum atomic E-state index is 2.43. The van der Waals surface area contributed by atoms with Crippen molar-refractivity contribution in [2.45, 2.75) is 79.1 Å². The normalized spacial score (nSPS) is 12.6. The van der Waals surface area contributed by atoms with Gasteiger partial charge in [-0.05, 0) is 79.6 Å². The Morgan fingerprint density at radius 1 is 0.594 bits per heavy atom. The molecule has 0 N–H and O–H groups in total. The average Bonchev–Trinajstić information content (AvgIpc) is 3.51. The van der Waals surface area contributed by atoms with Gasteiger partial charge in [-0.1, -0.05) is 41.5 Å². The van der Waals surface area contributed by atoms with Crippen LogP contribution in [0.15, 0.2) is 36.4 Å². The highest BCUT2D eigenvalue weighted by molar-refractivity contribution is 7.28. The molecule has 0 aliphatic rings. The third-order valence-electron chi connectivity index (χ3n) is 6.63. The van der Waals surface area contributed by atoms with Crippen LogP contribution in [0.5, 0.6) is 0 Å². The van der Waals surface area contributed by atoms with Crippen LogP contribution >= 0.6 is 45.3 Å². The molecule has 0 aliphatic heterocycles. The number of thiophene rings is 4. The lowest BCUT2D eigenvalue weighted by molar-refractivity contribution is 0.448. The van der Waals surface area contributed by atoms with E-state index >= 15 is 0 Å². The predicted octanol–water partition coefficient (Wildman–Crippen LogP) is 10.9. The molecule has 0 fully saturated rings. The fourth-order valence-electron chi connectivity index (χ4n) is 3.90. The van der Waals surface area contributed by atoms with Crippen molar-refractivity contribution in [2.24, 2.45) is 0 Å². The maximum absolute atomic E-state index is 2.43. The van der Waals surface area contributed by atoms with Gasteiger partial charge in [0.1, 0.15) is 0 Å². The van der Waals surface area contributed by atoms with Crippen molar-refractivity contribution in [3.8, 4) is 29.3 Å². The first kappa shape index (κ1) is 23.9. The smallest absolute Gasteiger partial charge is 0.0475 e. The van der Waals surface area contributed by atoms with Gasteiger partial charge in [0.05, 0.1) is 0 Å². The molecule has 170 valence electrons. The monoisotopic (exact) mass is 498 g/mol. The van der Waals surface area contributed by atoms with Crippen LogP contribution in [0.3, 0.4) is 0 Å². The maximum Gasteiger partial charge on any atom is 0.0475 e. The van der Waals surface area contributed by atoms with Gasteiger partial charge >= 0.3 is 0 Å². The Morgan fingerprint density at radius 2 is 1.00 bits per heavy atom. The van der Waals surface area contributed by atoms with Gasteiger partial charge in [-0.2, -0.15) is 0 Å². The van der Waals surface area contributed by atoms with Crippen LogP contribution < -0.4 is 0 Å². The van der Waals surface area contributed by atoms with Crippen molar-refractivity contribution >= 4 is 45.3 Å². The minimum absolute atomic E-state index is 0.208. The zero-order valence-corrected chi connectivity index (χ0v) is 23.8. The van der Waals surface area contributed by atoms with Crippen molar-refractivity contribution in [3.05, 3.63) is 57.3 Å². The Bertz CT molecular complexity index is 1210. The third-order valence-corrected chi connectivity index (χ3v) is 12.6. The molecule has 0 unspecified atom stereocenters. The Morgan fingerprint density at radius 3 is 1.41 bits per heavy atom. The summed E-state index contributed by atoms with van der Waals surface area (Å²) in [4.78, 5) is 11.4. The molecule has 4 heteroatoms. The molecular weight excluding hydrogens is 465 g/mol. The molecule has 32 heavy (non-hydrogen) atoms. The van der Waals surface area contributed by atoms with E-state index in [1.165, 1.54) is 63.0 Å². The Balaban J connectivity index is 1.63. The van der Waals surface area contributed by atoms with Crippen molar-refractivity contribution < 1.29 is 0 Å². The van der Waals surface area contributed by atoms with Crippen LogP contribution in [-0.4, -0.2) is 0 Å². The molecule has 0 amide bonds. The Hall–Kier alpha value is -1.20. The van der Waals surface area contributed by atoms with E-state index in [1.807, 2.05) is 45.3 Å². The van der Waals surface area contributed by atoms with Crippen LogP contribution in [0.2, 0.25) is 0 Å². The van der Waals surface area contributed by atoms with Crippen LogP contribution in [0.4, 0.5) is 0 Å². The van der Waals surface area contributed by atoms with Gasteiger partial charge in [0.25, 0.3) is 0 Å². The largest absolute Gasteiger partial charge is 0.139 e. The van der Waals surface area contributed by atoms with E-state index in [9.17, 15) is 0 Å². The molecular formula is C28H34S4. The molecule has 0 saturated carbocycles. The lowest BCUT2D eigenvalue weighted by Gasteiger charge is -2.25. The van der Waals surface area contributed by atoms with E-state index in [0.717, 1.165) is 0 Å². The highest BCUT2D eigenvalue weighted by atomic mass is 32.1. The molecule has 0 atom stereocenters. The quantitative estimate of drug-likeness (QED) is 0.248. The van der Waals surface area contributed by atoms with Gasteiger partial charge < -0.3 is 0 Å². The minimum Gasteiger partial charge on any atom is -0.139 e. The van der Waals surface area contributed by atoms with Gasteiger partial charge in [-0.25, -0.2) is 0 Å². The molecule has 0 aliphatic carbocycles. The lowest BCUT2D eigenvalue weighted by atomic mass is 9.83. The zero-order valence-electron chi connectivity index (χ0n) is 20.5. The molecule has 4 rings (SSSR count). The fraction of sp³-hybridized carbons (Fsp3) is 0.429. The van der Waals surface area contributed by atoms with Gasteiger partial charge in [-0.3, -0.25) is 0 Å². The topological polar surface area (TPSA) is 0 Å². The summed E-state index contributed by atoms with van der Waals surface area (Å²) in [6, 6.07) is 14.1. The van der Waals surface area contributed by atoms with Crippen molar-refractivity contribution in [3.63, 3.8) is 0 Å². The van der Waals surface area contributed by atoms with Gasteiger partial charge in [0.15, 0.2) is 0 Å². The summed E-state index contributed by atoms with van der Waals surface area (Å²) in [5.41, 5.74) is 3.32. The molecule has 0 aromatic carbocycles. The molecule has 4 aromatic rings. The van der Waals surface area contributed by atoms with Gasteiger partial charge in [0.2, 0.25) is 0 Å².